The lowest BCUT2D eigenvalue weighted by Crippen LogP contribution is -2.22. The van der Waals surface area contributed by atoms with Crippen LogP contribution in [0.4, 0.5) is 5.69 Å². The number of Topliss-reactive ketones (excluding diaryl/α,β-unsaturated/α-hetero) is 1. The summed E-state index contributed by atoms with van der Waals surface area (Å²) in [4.78, 5) is 30.4. The van der Waals surface area contributed by atoms with E-state index in [0.717, 1.165) is 53.7 Å². The average Bonchev–Trinajstić information content (AvgIpc) is 3.19. The molecule has 4 nitrogen and oxygen atoms in total. The highest BCUT2D eigenvalue weighted by Crippen LogP contribution is 2.33. The van der Waals surface area contributed by atoms with Gasteiger partial charge in [-0.3, -0.25) is 9.59 Å². The van der Waals surface area contributed by atoms with Gasteiger partial charge in [-0.2, -0.15) is 0 Å². The number of unbranched alkanes of at least 4 members (excludes halogenated alkanes) is 1. The number of rotatable bonds is 8. The maximum Gasteiger partial charge on any atom is 0.259 e. The van der Waals surface area contributed by atoms with E-state index in [0.29, 0.717) is 12.0 Å². The maximum atomic E-state index is 12.7. The third-order valence-electron chi connectivity index (χ3n) is 6.77. The van der Waals surface area contributed by atoms with E-state index in [1.54, 1.807) is 6.92 Å². The van der Waals surface area contributed by atoms with Crippen LogP contribution in [0.25, 0.3) is 11.3 Å². The quantitative estimate of drug-likeness (QED) is 0.461. The Labute approximate surface area is 194 Å². The predicted molar refractivity (Wildman–Crippen MR) is 137 cm³/mol. The minimum Gasteiger partial charge on any atom is -0.371 e. The Kier molecular flexibility index (Phi) is 9.74. The number of hydrogen-bond acceptors (Lipinski definition) is 3. The third kappa shape index (κ3) is 5.51. The first-order valence-electron chi connectivity index (χ1n) is 12.5. The number of nitrogens with one attached hydrogen (secondary N) is 1. The largest absolute Gasteiger partial charge is 0.371 e. The van der Waals surface area contributed by atoms with Crippen molar-refractivity contribution in [1.82, 2.24) is 4.98 Å². The van der Waals surface area contributed by atoms with Crippen LogP contribution in [-0.2, 0) is 6.42 Å². The molecule has 3 rings (SSSR count). The number of H-pyrrole nitrogens is 1. The molecule has 0 aliphatic carbocycles. The number of carbonyl (C=O) groups is 1. The van der Waals surface area contributed by atoms with Crippen molar-refractivity contribution in [1.29, 1.82) is 0 Å². The van der Waals surface area contributed by atoms with Crippen LogP contribution in [0.15, 0.2) is 29.1 Å². The van der Waals surface area contributed by atoms with Gasteiger partial charge in [0.1, 0.15) is 0 Å². The molecule has 2 aromatic rings. The highest BCUT2D eigenvalue weighted by molar-refractivity contribution is 5.97. The zero-order valence-electron chi connectivity index (χ0n) is 21.2. The molecule has 0 bridgehead atoms. The second kappa shape index (κ2) is 12.0. The van der Waals surface area contributed by atoms with Crippen LogP contribution in [0.5, 0.6) is 0 Å². The summed E-state index contributed by atoms with van der Waals surface area (Å²) >= 11 is 0. The van der Waals surface area contributed by atoms with Crippen molar-refractivity contribution in [3.63, 3.8) is 0 Å². The Morgan fingerprint density at radius 3 is 2.31 bits per heavy atom. The maximum absolute atomic E-state index is 12.7. The topological polar surface area (TPSA) is 53.2 Å². The summed E-state index contributed by atoms with van der Waals surface area (Å²) in [6, 6.07) is 8.54. The Balaban J connectivity index is 0.00000176. The highest BCUT2D eigenvalue weighted by Gasteiger charge is 2.29. The molecule has 1 fully saturated rings. The van der Waals surface area contributed by atoms with Crippen molar-refractivity contribution in [2.24, 2.45) is 11.8 Å². The normalized spacial score (nSPS) is 17.8. The van der Waals surface area contributed by atoms with Gasteiger partial charge in [0.15, 0.2) is 5.78 Å². The molecule has 4 heteroatoms. The summed E-state index contributed by atoms with van der Waals surface area (Å²) in [5.74, 6) is 1.41. The van der Waals surface area contributed by atoms with E-state index in [1.807, 2.05) is 20.8 Å². The van der Waals surface area contributed by atoms with Gasteiger partial charge in [0.05, 0.1) is 11.3 Å². The van der Waals surface area contributed by atoms with Gasteiger partial charge in [0.2, 0.25) is 0 Å². The lowest BCUT2D eigenvalue weighted by atomic mass is 9.93. The van der Waals surface area contributed by atoms with E-state index in [9.17, 15) is 9.59 Å². The number of nitrogens with zero attached hydrogens (tertiary/aromatic N) is 1. The first kappa shape index (κ1) is 25.9. The highest BCUT2D eigenvalue weighted by atomic mass is 16.1. The molecule has 1 N–H and O–H groups in total. The third-order valence-corrected chi connectivity index (χ3v) is 6.77. The fourth-order valence-corrected chi connectivity index (χ4v) is 4.89. The monoisotopic (exact) mass is 438 g/mol. The average molecular weight is 439 g/mol. The first-order chi connectivity index (χ1) is 15.4. The van der Waals surface area contributed by atoms with Crippen LogP contribution in [0.3, 0.4) is 0 Å². The number of benzene rings is 1. The molecule has 2 heterocycles. The van der Waals surface area contributed by atoms with Crippen molar-refractivity contribution in [2.75, 3.05) is 18.0 Å². The molecule has 0 radical (unpaired) electrons. The molecule has 1 aliphatic rings. The predicted octanol–water partition coefficient (Wildman–Crippen LogP) is 6.79. The van der Waals surface area contributed by atoms with Gasteiger partial charge >= 0.3 is 0 Å². The van der Waals surface area contributed by atoms with Crippen molar-refractivity contribution in [3.05, 3.63) is 51.3 Å². The molecule has 1 aromatic heterocycles. The minimum absolute atomic E-state index is 0.0915. The Hall–Kier alpha value is -2.36. The number of ketones is 1. The van der Waals surface area contributed by atoms with Crippen LogP contribution < -0.4 is 10.5 Å². The molecule has 0 saturated carbocycles. The molecular formula is C28H42N2O2. The lowest BCUT2D eigenvalue weighted by Gasteiger charge is -2.20. The van der Waals surface area contributed by atoms with E-state index in [2.05, 4.69) is 54.9 Å². The van der Waals surface area contributed by atoms with Crippen molar-refractivity contribution < 1.29 is 4.79 Å². The fraction of sp³-hybridized carbons (Fsp3) is 0.571. The number of carbonyl (C=O) groups excluding carboxylic acids is 1. The van der Waals surface area contributed by atoms with Gasteiger partial charge in [-0.15, -0.1) is 0 Å². The van der Waals surface area contributed by atoms with Crippen molar-refractivity contribution >= 4 is 11.5 Å². The standard InChI is InChI=1S/C26H36N2O2.C2H6/c1-6-9-10-20-16-28(15-17(20)4)21-13-11-19(12-14-21)25-22(7-2)18(5)24(23(29)8-3)26(30)27-25;1-2/h11-14,17,20H,6-10,15-16H2,1-5H3,(H,27,30);1-2H3. The molecule has 0 spiro atoms. The number of aromatic amines is 1. The van der Waals surface area contributed by atoms with E-state index in [-0.39, 0.29) is 11.3 Å². The number of aromatic nitrogens is 1. The van der Waals surface area contributed by atoms with Gasteiger partial charge in [0, 0.05) is 25.2 Å². The van der Waals surface area contributed by atoms with Crippen LogP contribution in [-0.4, -0.2) is 23.9 Å². The van der Waals surface area contributed by atoms with Crippen LogP contribution in [0.2, 0.25) is 0 Å². The zero-order valence-corrected chi connectivity index (χ0v) is 21.2. The molecule has 2 unspecified atom stereocenters. The second-order valence-electron chi connectivity index (χ2n) is 8.77. The van der Waals surface area contributed by atoms with Gasteiger partial charge in [-0.05, 0) is 60.4 Å². The molecule has 176 valence electrons. The smallest absolute Gasteiger partial charge is 0.259 e. The molecule has 1 aromatic carbocycles. The summed E-state index contributed by atoms with van der Waals surface area (Å²) in [6.07, 6.45) is 5.00. The van der Waals surface area contributed by atoms with E-state index in [4.69, 9.17) is 0 Å². The van der Waals surface area contributed by atoms with Gasteiger partial charge < -0.3 is 9.88 Å². The molecule has 1 saturated heterocycles. The minimum atomic E-state index is -0.275. The van der Waals surface area contributed by atoms with E-state index < -0.39 is 0 Å². The van der Waals surface area contributed by atoms with Crippen LogP contribution in [0.1, 0.15) is 88.7 Å². The second-order valence-corrected chi connectivity index (χ2v) is 8.77. The Morgan fingerprint density at radius 1 is 1.09 bits per heavy atom. The summed E-state index contributed by atoms with van der Waals surface area (Å²) in [5.41, 5.74) is 5.00. The molecule has 0 amide bonds. The molecule has 2 atom stereocenters. The zero-order chi connectivity index (χ0) is 23.8. The summed E-state index contributed by atoms with van der Waals surface area (Å²) < 4.78 is 0. The number of anilines is 1. The first-order valence-corrected chi connectivity index (χ1v) is 12.5. The van der Waals surface area contributed by atoms with Crippen LogP contribution in [0, 0.1) is 18.8 Å². The lowest BCUT2D eigenvalue weighted by molar-refractivity contribution is 0.0986. The fourth-order valence-electron chi connectivity index (χ4n) is 4.89. The van der Waals surface area contributed by atoms with E-state index in [1.165, 1.54) is 24.9 Å². The summed E-state index contributed by atoms with van der Waals surface area (Å²) in [6.45, 7) is 16.6. The van der Waals surface area contributed by atoms with Crippen LogP contribution >= 0.6 is 0 Å². The van der Waals surface area contributed by atoms with Gasteiger partial charge in [0.25, 0.3) is 5.56 Å². The Morgan fingerprint density at radius 2 is 1.75 bits per heavy atom. The van der Waals surface area contributed by atoms with Gasteiger partial charge in [-0.25, -0.2) is 0 Å². The van der Waals surface area contributed by atoms with E-state index >= 15 is 0 Å². The van der Waals surface area contributed by atoms with Crippen molar-refractivity contribution in [3.8, 4) is 11.3 Å². The van der Waals surface area contributed by atoms with Gasteiger partial charge in [-0.1, -0.05) is 66.5 Å². The SMILES string of the molecule is CC.CCCCC1CN(c2ccc(-c3[nH]c(=O)c(C(=O)CC)c(C)c3CC)cc2)CC1C. The number of hydrogen-bond donors (Lipinski definition) is 1. The van der Waals surface area contributed by atoms with Crippen molar-refractivity contribution in [2.45, 2.75) is 80.6 Å². The number of pyridine rings is 1. The summed E-state index contributed by atoms with van der Waals surface area (Å²) in [5, 5.41) is 0. The molecular weight excluding hydrogens is 396 g/mol. The Bertz CT molecular complexity index is 943. The molecule has 32 heavy (non-hydrogen) atoms. The molecule has 1 aliphatic heterocycles. The summed E-state index contributed by atoms with van der Waals surface area (Å²) in [7, 11) is 0.